The van der Waals surface area contributed by atoms with Gasteiger partial charge in [-0.3, -0.25) is 9.20 Å². The fraction of sp³-hybridized carbons (Fsp3) is 0.357. The maximum Gasteiger partial charge on any atom is 0.256 e. The summed E-state index contributed by atoms with van der Waals surface area (Å²) in [6, 6.07) is 0. The van der Waals surface area contributed by atoms with Crippen LogP contribution in [0.15, 0.2) is 22.3 Å². The topological polar surface area (TPSA) is 72.4 Å². The minimum Gasteiger partial charge on any atom is -0.361 e. The van der Waals surface area contributed by atoms with Crippen LogP contribution in [0.2, 0.25) is 0 Å². The highest BCUT2D eigenvalue weighted by atomic mass is 32.1. The largest absolute Gasteiger partial charge is 0.361 e. The van der Waals surface area contributed by atoms with Crippen molar-refractivity contribution in [3.05, 3.63) is 40.5 Å². The first kappa shape index (κ1) is 13.8. The Hall–Kier alpha value is -2.15. The van der Waals surface area contributed by atoms with Crippen LogP contribution in [-0.2, 0) is 12.8 Å². The van der Waals surface area contributed by atoms with Crippen molar-refractivity contribution in [1.29, 1.82) is 0 Å². The van der Waals surface area contributed by atoms with Crippen molar-refractivity contribution in [2.75, 3.05) is 6.54 Å². The molecule has 0 radical (unpaired) electrons. The Kier molecular flexibility index (Phi) is 3.74. The number of thiazole rings is 1. The summed E-state index contributed by atoms with van der Waals surface area (Å²) in [5, 5.41) is 8.79. The van der Waals surface area contributed by atoms with Gasteiger partial charge in [0.05, 0.1) is 11.4 Å². The zero-order valence-corrected chi connectivity index (χ0v) is 12.7. The van der Waals surface area contributed by atoms with Gasteiger partial charge >= 0.3 is 0 Å². The van der Waals surface area contributed by atoms with Gasteiger partial charge in [0.15, 0.2) is 4.96 Å². The van der Waals surface area contributed by atoms with E-state index < -0.39 is 0 Å². The first-order chi connectivity index (χ1) is 10.2. The Bertz CT molecular complexity index is 742. The predicted octanol–water partition coefficient (Wildman–Crippen LogP) is 2.23. The molecule has 0 unspecified atom stereocenters. The number of imidazole rings is 1. The lowest BCUT2D eigenvalue weighted by Crippen LogP contribution is -2.26. The van der Waals surface area contributed by atoms with Gasteiger partial charge in [-0.05, 0) is 13.3 Å². The Balaban J connectivity index is 1.61. The van der Waals surface area contributed by atoms with Crippen molar-refractivity contribution in [3.63, 3.8) is 0 Å². The van der Waals surface area contributed by atoms with E-state index in [-0.39, 0.29) is 5.91 Å². The van der Waals surface area contributed by atoms with Crippen molar-refractivity contribution in [3.8, 4) is 0 Å². The molecular weight excluding hydrogens is 288 g/mol. The van der Waals surface area contributed by atoms with Gasteiger partial charge in [0.2, 0.25) is 0 Å². The minimum atomic E-state index is -0.133. The van der Waals surface area contributed by atoms with Crippen molar-refractivity contribution < 1.29 is 9.32 Å². The third kappa shape index (κ3) is 2.69. The number of carbonyl (C=O) groups is 1. The lowest BCUT2D eigenvalue weighted by Gasteiger charge is -2.03. The van der Waals surface area contributed by atoms with E-state index in [4.69, 9.17) is 4.52 Å². The quantitative estimate of drug-likeness (QED) is 0.784. The second-order valence-corrected chi connectivity index (χ2v) is 5.62. The molecule has 0 spiro atoms. The molecule has 0 atom stereocenters. The molecule has 0 aliphatic rings. The lowest BCUT2D eigenvalue weighted by molar-refractivity contribution is 0.0952. The highest BCUT2D eigenvalue weighted by Gasteiger charge is 2.18. The van der Waals surface area contributed by atoms with E-state index in [1.165, 1.54) is 0 Å². The van der Waals surface area contributed by atoms with Crippen LogP contribution in [0.4, 0.5) is 0 Å². The summed E-state index contributed by atoms with van der Waals surface area (Å²) in [4.78, 5) is 17.6. The average Bonchev–Trinajstić information content (AvgIpc) is 3.12. The van der Waals surface area contributed by atoms with Crippen molar-refractivity contribution in [2.24, 2.45) is 0 Å². The SMILES string of the molecule is CCc1noc(C)c1C(=O)NCCc1cn2ccsc2n1. The third-order valence-corrected chi connectivity index (χ3v) is 4.08. The number of fused-ring (bicyclic) bond motifs is 1. The van der Waals surface area contributed by atoms with Gasteiger partial charge in [-0.1, -0.05) is 12.1 Å². The van der Waals surface area contributed by atoms with Gasteiger partial charge in [0.25, 0.3) is 5.91 Å². The van der Waals surface area contributed by atoms with Crippen LogP contribution in [0, 0.1) is 6.92 Å². The molecule has 21 heavy (non-hydrogen) atoms. The van der Waals surface area contributed by atoms with Gasteiger partial charge in [-0.25, -0.2) is 4.98 Å². The van der Waals surface area contributed by atoms with E-state index >= 15 is 0 Å². The number of nitrogens with zero attached hydrogens (tertiary/aromatic N) is 3. The Morgan fingerprint density at radius 2 is 2.38 bits per heavy atom. The number of carbonyl (C=O) groups excluding carboxylic acids is 1. The first-order valence-electron chi connectivity index (χ1n) is 6.83. The van der Waals surface area contributed by atoms with Crippen LogP contribution >= 0.6 is 11.3 Å². The molecule has 3 aromatic heterocycles. The molecule has 7 heteroatoms. The smallest absolute Gasteiger partial charge is 0.256 e. The van der Waals surface area contributed by atoms with Gasteiger partial charge < -0.3 is 9.84 Å². The summed E-state index contributed by atoms with van der Waals surface area (Å²) in [5.41, 5.74) is 2.23. The van der Waals surface area contributed by atoms with Crippen LogP contribution < -0.4 is 5.32 Å². The zero-order chi connectivity index (χ0) is 14.8. The van der Waals surface area contributed by atoms with E-state index in [0.29, 0.717) is 36.4 Å². The van der Waals surface area contributed by atoms with Gasteiger partial charge in [-0.2, -0.15) is 0 Å². The molecule has 0 aromatic carbocycles. The van der Waals surface area contributed by atoms with Crippen LogP contribution in [0.3, 0.4) is 0 Å². The summed E-state index contributed by atoms with van der Waals surface area (Å²) < 4.78 is 7.06. The first-order valence-corrected chi connectivity index (χ1v) is 7.71. The summed E-state index contributed by atoms with van der Waals surface area (Å²) >= 11 is 1.60. The second kappa shape index (κ2) is 5.69. The number of aromatic nitrogens is 3. The lowest BCUT2D eigenvalue weighted by atomic mass is 10.1. The Morgan fingerprint density at radius 3 is 3.14 bits per heavy atom. The van der Waals surface area contributed by atoms with E-state index in [1.807, 2.05) is 29.1 Å². The van der Waals surface area contributed by atoms with Crippen molar-refractivity contribution in [2.45, 2.75) is 26.7 Å². The highest BCUT2D eigenvalue weighted by Crippen LogP contribution is 2.14. The van der Waals surface area contributed by atoms with E-state index in [9.17, 15) is 4.79 Å². The predicted molar refractivity (Wildman–Crippen MR) is 79.7 cm³/mol. The molecule has 3 heterocycles. The molecule has 1 amide bonds. The van der Waals surface area contributed by atoms with E-state index in [2.05, 4.69) is 15.5 Å². The van der Waals surface area contributed by atoms with Crippen LogP contribution in [0.25, 0.3) is 4.96 Å². The molecule has 0 bridgehead atoms. The van der Waals surface area contributed by atoms with Crippen molar-refractivity contribution in [1.82, 2.24) is 19.9 Å². The summed E-state index contributed by atoms with van der Waals surface area (Å²) in [6.07, 6.45) is 5.34. The van der Waals surface area contributed by atoms with Crippen LogP contribution in [0.5, 0.6) is 0 Å². The van der Waals surface area contributed by atoms with E-state index in [0.717, 1.165) is 10.7 Å². The summed E-state index contributed by atoms with van der Waals surface area (Å²) in [6.45, 7) is 4.24. The molecule has 0 fully saturated rings. The fourth-order valence-corrected chi connectivity index (χ4v) is 2.96. The van der Waals surface area contributed by atoms with Gasteiger partial charge in [0.1, 0.15) is 11.3 Å². The number of hydrogen-bond acceptors (Lipinski definition) is 5. The van der Waals surface area contributed by atoms with Gasteiger partial charge in [0, 0.05) is 30.7 Å². The number of nitrogens with one attached hydrogen (secondary N) is 1. The monoisotopic (exact) mass is 304 g/mol. The molecular formula is C14H16N4O2S. The van der Waals surface area contributed by atoms with Crippen LogP contribution in [-0.4, -0.2) is 27.0 Å². The number of aryl methyl sites for hydroxylation is 2. The molecule has 1 N–H and O–H groups in total. The third-order valence-electron chi connectivity index (χ3n) is 3.31. The Labute approximate surface area is 125 Å². The van der Waals surface area contributed by atoms with Crippen molar-refractivity contribution >= 4 is 22.2 Å². The highest BCUT2D eigenvalue weighted by molar-refractivity contribution is 7.15. The molecule has 3 rings (SSSR count). The molecule has 0 aliphatic carbocycles. The number of amides is 1. The second-order valence-electron chi connectivity index (χ2n) is 4.74. The van der Waals surface area contributed by atoms with Gasteiger partial charge in [-0.15, -0.1) is 11.3 Å². The molecule has 6 nitrogen and oxygen atoms in total. The molecule has 0 aliphatic heterocycles. The summed E-state index contributed by atoms with van der Waals surface area (Å²) in [7, 11) is 0. The minimum absolute atomic E-state index is 0.133. The van der Waals surface area contributed by atoms with E-state index in [1.54, 1.807) is 18.3 Å². The normalized spacial score (nSPS) is 11.1. The maximum atomic E-state index is 12.2. The van der Waals surface area contributed by atoms with Crippen LogP contribution in [0.1, 0.15) is 34.4 Å². The molecule has 110 valence electrons. The Morgan fingerprint density at radius 1 is 1.52 bits per heavy atom. The average molecular weight is 304 g/mol. The molecule has 0 saturated carbocycles. The molecule has 3 aromatic rings. The molecule has 0 saturated heterocycles. The maximum absolute atomic E-state index is 12.2. The zero-order valence-electron chi connectivity index (χ0n) is 11.9. The number of rotatable bonds is 5. The standard InChI is InChI=1S/C14H16N4O2S/c1-3-11-12(9(2)20-17-11)13(19)15-5-4-10-8-18-6-7-21-14(18)16-10/h6-8H,3-5H2,1-2H3,(H,15,19). The number of hydrogen-bond donors (Lipinski definition) is 1. The fourth-order valence-electron chi connectivity index (χ4n) is 2.24. The summed E-state index contributed by atoms with van der Waals surface area (Å²) in [5.74, 6) is 0.429.